The van der Waals surface area contributed by atoms with E-state index in [1.165, 1.54) is 0 Å². The number of allylic oxidation sites excluding steroid dienone is 5. The Hall–Kier alpha value is -2.86. The fraction of sp³-hybridized carbons (Fsp3) is 0.360. The van der Waals surface area contributed by atoms with Crippen molar-refractivity contribution in [2.75, 3.05) is 6.61 Å². The number of hydrogen-bond acceptors (Lipinski definition) is 3. The van der Waals surface area contributed by atoms with Gasteiger partial charge in [0, 0.05) is 5.57 Å². The summed E-state index contributed by atoms with van der Waals surface area (Å²) in [5.74, 6) is -0.232. The number of fused-ring (bicyclic) bond motifs is 1. The molecule has 0 fully saturated rings. The number of benzene rings is 1. The van der Waals surface area contributed by atoms with Crippen LogP contribution >= 0.6 is 0 Å². The highest BCUT2D eigenvalue weighted by Crippen LogP contribution is 2.45. The van der Waals surface area contributed by atoms with Gasteiger partial charge in [-0.2, -0.15) is 5.26 Å². The monoisotopic (exact) mass is 375 g/mol. The highest BCUT2D eigenvalue weighted by Gasteiger charge is 2.30. The van der Waals surface area contributed by atoms with Crippen molar-refractivity contribution in [3.8, 4) is 6.07 Å². The number of carbonyl (C=O) groups excluding carboxylic acids is 1. The molecule has 0 saturated carbocycles. The molecule has 1 aromatic rings. The minimum Gasteiger partial charge on any atom is -0.461 e. The van der Waals surface area contributed by atoms with Crippen molar-refractivity contribution >= 4 is 17.1 Å². The Bertz CT molecular complexity index is 852. The van der Waals surface area contributed by atoms with Crippen LogP contribution in [0.4, 0.5) is 0 Å². The highest BCUT2D eigenvalue weighted by molar-refractivity contribution is 6.15. The van der Waals surface area contributed by atoms with Crippen molar-refractivity contribution in [2.24, 2.45) is 5.92 Å². The Kier molecular flexibility index (Phi) is 8.02. The van der Waals surface area contributed by atoms with Gasteiger partial charge in [-0.15, -0.1) is 6.58 Å². The summed E-state index contributed by atoms with van der Waals surface area (Å²) in [7, 11) is 0. The molecule has 0 heterocycles. The van der Waals surface area contributed by atoms with E-state index < -0.39 is 5.97 Å². The summed E-state index contributed by atoms with van der Waals surface area (Å²) < 4.78 is 5.54. The zero-order valence-electron chi connectivity index (χ0n) is 17.0. The average Bonchev–Trinajstić information content (AvgIpc) is 2.99. The fourth-order valence-corrected chi connectivity index (χ4v) is 3.48. The van der Waals surface area contributed by atoms with E-state index in [0.717, 1.165) is 42.4 Å². The SMILES string of the molecule is C=CCC=C1C(=C)/C(=C(\C#N)C(=O)OCC(CC)CCCC)c2ccccc21. The smallest absolute Gasteiger partial charge is 0.349 e. The van der Waals surface area contributed by atoms with Crippen LogP contribution in [0.2, 0.25) is 0 Å². The van der Waals surface area contributed by atoms with Crippen LogP contribution in [0.5, 0.6) is 0 Å². The third kappa shape index (κ3) is 4.70. The lowest BCUT2D eigenvalue weighted by atomic mass is 9.99. The van der Waals surface area contributed by atoms with Crippen LogP contribution in [0.15, 0.2) is 60.7 Å². The van der Waals surface area contributed by atoms with E-state index in [1.807, 2.05) is 36.4 Å². The van der Waals surface area contributed by atoms with E-state index in [4.69, 9.17) is 4.74 Å². The first-order valence-electron chi connectivity index (χ1n) is 10.0. The number of carbonyl (C=O) groups is 1. The molecule has 0 aliphatic heterocycles. The van der Waals surface area contributed by atoms with Crippen LogP contribution in [0.3, 0.4) is 0 Å². The first-order chi connectivity index (χ1) is 13.6. The lowest BCUT2D eigenvalue weighted by molar-refractivity contribution is -0.139. The van der Waals surface area contributed by atoms with Crippen LogP contribution in [0.25, 0.3) is 11.1 Å². The molecular weight excluding hydrogens is 346 g/mol. The molecule has 0 radical (unpaired) electrons. The zero-order valence-corrected chi connectivity index (χ0v) is 17.0. The molecule has 0 spiro atoms. The van der Waals surface area contributed by atoms with Gasteiger partial charge in [0.05, 0.1) is 6.61 Å². The van der Waals surface area contributed by atoms with Crippen LogP contribution in [-0.2, 0) is 9.53 Å². The summed E-state index contributed by atoms with van der Waals surface area (Å²) in [6.45, 7) is 12.5. The van der Waals surface area contributed by atoms with Crippen LogP contribution in [-0.4, -0.2) is 12.6 Å². The second kappa shape index (κ2) is 10.5. The molecule has 1 aromatic carbocycles. The Labute approximate surface area is 168 Å². The third-order valence-electron chi connectivity index (χ3n) is 5.16. The summed E-state index contributed by atoms with van der Waals surface area (Å²) in [6.07, 6.45) is 8.75. The Balaban J connectivity index is 2.35. The van der Waals surface area contributed by atoms with E-state index >= 15 is 0 Å². The lowest BCUT2D eigenvalue weighted by Crippen LogP contribution is -2.16. The molecule has 28 heavy (non-hydrogen) atoms. The van der Waals surface area contributed by atoms with Gasteiger partial charge in [0.1, 0.15) is 11.6 Å². The van der Waals surface area contributed by atoms with E-state index in [-0.39, 0.29) is 5.57 Å². The Morgan fingerprint density at radius 1 is 1.29 bits per heavy atom. The molecule has 3 nitrogen and oxygen atoms in total. The van der Waals surface area contributed by atoms with Crippen molar-refractivity contribution < 1.29 is 9.53 Å². The molecule has 1 atom stereocenters. The normalized spacial score (nSPS) is 17.0. The number of rotatable bonds is 9. The van der Waals surface area contributed by atoms with Gasteiger partial charge in [-0.05, 0) is 41.0 Å². The van der Waals surface area contributed by atoms with Crippen molar-refractivity contribution in [3.05, 3.63) is 71.8 Å². The maximum absolute atomic E-state index is 12.8. The van der Waals surface area contributed by atoms with Gasteiger partial charge >= 0.3 is 5.97 Å². The van der Waals surface area contributed by atoms with Crippen molar-refractivity contribution in [2.45, 2.75) is 46.0 Å². The minimum atomic E-state index is -0.562. The van der Waals surface area contributed by atoms with Crippen molar-refractivity contribution in [1.82, 2.24) is 0 Å². The summed E-state index contributed by atoms with van der Waals surface area (Å²) in [6, 6.07) is 9.83. The average molecular weight is 376 g/mol. The summed E-state index contributed by atoms with van der Waals surface area (Å²) in [5, 5.41) is 9.74. The molecular formula is C25H29NO2. The number of nitrogens with zero attached hydrogens (tertiary/aromatic N) is 1. The highest BCUT2D eigenvalue weighted by atomic mass is 16.5. The maximum atomic E-state index is 12.8. The molecule has 0 saturated heterocycles. The molecule has 0 bridgehead atoms. The summed E-state index contributed by atoms with van der Waals surface area (Å²) in [4.78, 5) is 12.8. The Morgan fingerprint density at radius 3 is 2.61 bits per heavy atom. The number of hydrogen-bond donors (Lipinski definition) is 0. The van der Waals surface area contributed by atoms with Gasteiger partial charge in [0.15, 0.2) is 0 Å². The number of nitriles is 1. The fourth-order valence-electron chi connectivity index (χ4n) is 3.48. The van der Waals surface area contributed by atoms with Gasteiger partial charge in [-0.1, -0.05) is 76.1 Å². The lowest BCUT2D eigenvalue weighted by Gasteiger charge is -2.15. The molecule has 0 amide bonds. The van der Waals surface area contributed by atoms with Crippen molar-refractivity contribution in [1.29, 1.82) is 5.26 Å². The first-order valence-corrected chi connectivity index (χ1v) is 10.0. The van der Waals surface area contributed by atoms with E-state index in [1.54, 1.807) is 0 Å². The predicted octanol–water partition coefficient (Wildman–Crippen LogP) is 6.25. The van der Waals surface area contributed by atoms with E-state index in [0.29, 0.717) is 30.1 Å². The minimum absolute atomic E-state index is 0.0322. The quantitative estimate of drug-likeness (QED) is 0.222. The standard InChI is InChI=1S/C25H29NO2/c1-5-8-12-19(7-3)17-28-25(27)23(16-26)24-18(4)20(13-9-6-2)21-14-10-11-15-22(21)24/h6,10-11,13-15,19H,2,4-5,7-9,12,17H2,1,3H3/b20-13?,24-23-. The number of unbranched alkanes of at least 4 members (excludes halogenated alkanes) is 1. The summed E-state index contributed by atoms with van der Waals surface area (Å²) in [5.41, 5.74) is 4.09. The van der Waals surface area contributed by atoms with Crippen molar-refractivity contribution in [3.63, 3.8) is 0 Å². The van der Waals surface area contributed by atoms with E-state index in [9.17, 15) is 10.1 Å². The van der Waals surface area contributed by atoms with Gasteiger partial charge in [0.2, 0.25) is 0 Å². The maximum Gasteiger partial charge on any atom is 0.349 e. The van der Waals surface area contributed by atoms with Gasteiger partial charge < -0.3 is 4.74 Å². The number of ether oxygens (including phenoxy) is 1. The summed E-state index contributed by atoms with van der Waals surface area (Å²) >= 11 is 0. The van der Waals surface area contributed by atoms with Crippen LogP contribution in [0, 0.1) is 17.2 Å². The molecule has 1 aliphatic rings. The topological polar surface area (TPSA) is 50.1 Å². The molecule has 3 heteroatoms. The predicted molar refractivity (Wildman–Crippen MR) is 115 cm³/mol. The third-order valence-corrected chi connectivity index (χ3v) is 5.16. The molecule has 1 aliphatic carbocycles. The van der Waals surface area contributed by atoms with Crippen LogP contribution in [0.1, 0.15) is 57.1 Å². The molecule has 2 rings (SSSR count). The first kappa shape index (κ1) is 21.4. The Morgan fingerprint density at radius 2 is 2.00 bits per heavy atom. The number of esters is 1. The molecule has 1 unspecified atom stereocenters. The van der Waals surface area contributed by atoms with Gasteiger partial charge in [-0.25, -0.2) is 4.79 Å². The van der Waals surface area contributed by atoms with E-state index in [2.05, 4.69) is 33.1 Å². The zero-order chi connectivity index (χ0) is 20.5. The van der Waals surface area contributed by atoms with Crippen LogP contribution < -0.4 is 0 Å². The van der Waals surface area contributed by atoms with Gasteiger partial charge in [-0.3, -0.25) is 0 Å². The molecule has 0 N–H and O–H groups in total. The molecule has 0 aromatic heterocycles. The van der Waals surface area contributed by atoms with Gasteiger partial charge in [0.25, 0.3) is 0 Å². The largest absolute Gasteiger partial charge is 0.461 e. The second-order valence-electron chi connectivity index (χ2n) is 7.04. The molecule has 146 valence electrons. The second-order valence-corrected chi connectivity index (χ2v) is 7.04.